The topological polar surface area (TPSA) is 72.2 Å². The Morgan fingerprint density at radius 1 is 1.19 bits per heavy atom. The molecule has 1 atom stereocenters. The summed E-state index contributed by atoms with van der Waals surface area (Å²) in [7, 11) is -3.80. The van der Waals surface area contributed by atoms with E-state index in [1.165, 1.54) is 12.1 Å². The molecule has 3 N–H and O–H groups in total. The molecule has 0 saturated carbocycles. The van der Waals surface area contributed by atoms with Gasteiger partial charge in [0.15, 0.2) is 0 Å². The third-order valence-electron chi connectivity index (χ3n) is 3.19. The van der Waals surface area contributed by atoms with E-state index in [4.69, 9.17) is 5.73 Å². The van der Waals surface area contributed by atoms with Crippen LogP contribution in [0.2, 0.25) is 0 Å². The monoisotopic (exact) mass is 308 g/mol. The summed E-state index contributed by atoms with van der Waals surface area (Å²) >= 11 is 0. The van der Waals surface area contributed by atoms with E-state index in [2.05, 4.69) is 4.72 Å². The van der Waals surface area contributed by atoms with Crippen molar-refractivity contribution in [3.8, 4) is 0 Å². The minimum atomic E-state index is -3.80. The van der Waals surface area contributed by atoms with Crippen molar-refractivity contribution in [3.05, 3.63) is 59.9 Å². The largest absolute Gasteiger partial charge is 0.396 e. The molecule has 0 fully saturated rings. The number of hydrogen-bond acceptors (Lipinski definition) is 3. The summed E-state index contributed by atoms with van der Waals surface area (Å²) < 4.78 is 40.7. The lowest BCUT2D eigenvalue weighted by Crippen LogP contribution is -2.28. The predicted octanol–water partition coefficient (Wildman–Crippen LogP) is 2.84. The summed E-state index contributed by atoms with van der Waals surface area (Å²) in [4.78, 5) is -0.136. The number of anilines is 1. The minimum absolute atomic E-state index is 0.0796. The van der Waals surface area contributed by atoms with E-state index in [9.17, 15) is 12.8 Å². The number of nitrogens with two attached hydrogens (primary N) is 1. The van der Waals surface area contributed by atoms with Crippen LogP contribution >= 0.6 is 0 Å². The number of nitrogens with one attached hydrogen (secondary N) is 1. The van der Waals surface area contributed by atoms with Crippen molar-refractivity contribution in [3.63, 3.8) is 0 Å². The molecule has 0 aliphatic heterocycles. The number of hydrogen-bond donors (Lipinski definition) is 2. The molecule has 4 nitrogen and oxygen atoms in total. The van der Waals surface area contributed by atoms with Crippen molar-refractivity contribution in [2.45, 2.75) is 24.3 Å². The zero-order valence-electron chi connectivity index (χ0n) is 11.6. The van der Waals surface area contributed by atoms with E-state index >= 15 is 0 Å². The average molecular weight is 308 g/mol. The van der Waals surface area contributed by atoms with Crippen LogP contribution < -0.4 is 10.5 Å². The Balaban J connectivity index is 2.29. The molecule has 0 aromatic heterocycles. The van der Waals surface area contributed by atoms with Crippen LogP contribution in [0.3, 0.4) is 0 Å². The molecular weight excluding hydrogens is 291 g/mol. The van der Waals surface area contributed by atoms with Crippen LogP contribution in [0.1, 0.15) is 24.9 Å². The van der Waals surface area contributed by atoms with Gasteiger partial charge in [0.2, 0.25) is 10.0 Å². The Labute approximate surface area is 123 Å². The van der Waals surface area contributed by atoms with Crippen molar-refractivity contribution >= 4 is 15.7 Å². The predicted molar refractivity (Wildman–Crippen MR) is 80.6 cm³/mol. The molecule has 2 aromatic carbocycles. The van der Waals surface area contributed by atoms with Gasteiger partial charge in [-0.15, -0.1) is 0 Å². The number of rotatable bonds is 5. The van der Waals surface area contributed by atoms with Crippen molar-refractivity contribution in [1.29, 1.82) is 0 Å². The van der Waals surface area contributed by atoms with Crippen LogP contribution in [0.5, 0.6) is 0 Å². The second-order valence-corrected chi connectivity index (χ2v) is 6.39. The van der Waals surface area contributed by atoms with Crippen LogP contribution in [0.4, 0.5) is 10.1 Å². The fraction of sp³-hybridized carbons (Fsp3) is 0.200. The second kappa shape index (κ2) is 6.24. The summed E-state index contributed by atoms with van der Waals surface area (Å²) in [5.41, 5.74) is 6.14. The van der Waals surface area contributed by atoms with Gasteiger partial charge in [-0.05, 0) is 30.2 Å². The van der Waals surface area contributed by atoms with Crippen molar-refractivity contribution < 1.29 is 12.8 Å². The molecule has 2 rings (SSSR count). The van der Waals surface area contributed by atoms with Crippen LogP contribution in [0.15, 0.2) is 53.4 Å². The van der Waals surface area contributed by atoms with Crippen LogP contribution in [-0.2, 0) is 10.0 Å². The first-order chi connectivity index (χ1) is 9.94. The van der Waals surface area contributed by atoms with Gasteiger partial charge >= 0.3 is 0 Å². The van der Waals surface area contributed by atoms with E-state index in [1.54, 1.807) is 0 Å². The average Bonchev–Trinajstić information content (AvgIpc) is 2.48. The van der Waals surface area contributed by atoms with Gasteiger partial charge in [0.1, 0.15) is 5.82 Å². The zero-order chi connectivity index (χ0) is 15.5. The lowest BCUT2D eigenvalue weighted by Gasteiger charge is -2.17. The van der Waals surface area contributed by atoms with Crippen LogP contribution in [0.25, 0.3) is 0 Å². The molecule has 0 aliphatic rings. The molecule has 6 heteroatoms. The SMILES string of the molecule is CCC(NS(=O)(=O)c1ccc(N)c(F)c1)c1ccccc1. The van der Waals surface area contributed by atoms with Gasteiger partial charge in [-0.3, -0.25) is 0 Å². The molecule has 1 unspecified atom stereocenters. The molecule has 21 heavy (non-hydrogen) atoms. The van der Waals surface area contributed by atoms with Crippen LogP contribution in [0, 0.1) is 5.82 Å². The van der Waals surface area contributed by atoms with Gasteiger partial charge < -0.3 is 5.73 Å². The van der Waals surface area contributed by atoms with Crippen LogP contribution in [-0.4, -0.2) is 8.42 Å². The standard InChI is InChI=1S/C15H17FN2O2S/c1-2-15(11-6-4-3-5-7-11)18-21(19,20)12-8-9-14(17)13(16)10-12/h3-10,15,18H,2,17H2,1H3. The van der Waals surface area contributed by atoms with E-state index in [0.29, 0.717) is 6.42 Å². The maximum atomic E-state index is 13.4. The molecule has 0 amide bonds. The Morgan fingerprint density at radius 3 is 2.43 bits per heavy atom. The van der Waals surface area contributed by atoms with Gasteiger partial charge in [-0.25, -0.2) is 17.5 Å². The highest BCUT2D eigenvalue weighted by atomic mass is 32.2. The summed E-state index contributed by atoms with van der Waals surface area (Å²) in [6, 6.07) is 12.3. The third-order valence-corrected chi connectivity index (χ3v) is 4.66. The van der Waals surface area contributed by atoms with E-state index < -0.39 is 15.8 Å². The highest BCUT2D eigenvalue weighted by molar-refractivity contribution is 7.89. The minimum Gasteiger partial charge on any atom is -0.396 e. The Kier molecular flexibility index (Phi) is 4.59. The van der Waals surface area contributed by atoms with E-state index in [-0.39, 0.29) is 16.6 Å². The van der Waals surface area contributed by atoms with Gasteiger partial charge in [0.05, 0.1) is 10.6 Å². The van der Waals surface area contributed by atoms with E-state index in [1.807, 2.05) is 37.3 Å². The fourth-order valence-corrected chi connectivity index (χ4v) is 3.32. The molecule has 0 spiro atoms. The summed E-state index contributed by atoms with van der Waals surface area (Å²) in [5.74, 6) is -0.745. The number of sulfonamides is 1. The molecule has 0 aliphatic carbocycles. The lowest BCUT2D eigenvalue weighted by atomic mass is 10.1. The van der Waals surface area contributed by atoms with Gasteiger partial charge in [-0.1, -0.05) is 37.3 Å². The molecule has 2 aromatic rings. The first-order valence-electron chi connectivity index (χ1n) is 6.56. The maximum Gasteiger partial charge on any atom is 0.241 e. The summed E-state index contributed by atoms with van der Waals surface area (Å²) in [6.07, 6.45) is 0.584. The molecule has 112 valence electrons. The molecular formula is C15H17FN2O2S. The Bertz CT molecular complexity index is 718. The Morgan fingerprint density at radius 2 is 1.86 bits per heavy atom. The molecule has 0 radical (unpaired) electrons. The first kappa shape index (κ1) is 15.5. The van der Waals surface area contributed by atoms with E-state index in [0.717, 1.165) is 11.6 Å². The maximum absolute atomic E-state index is 13.4. The quantitative estimate of drug-likeness (QED) is 0.834. The molecule has 0 bridgehead atoms. The third kappa shape index (κ3) is 3.59. The summed E-state index contributed by atoms with van der Waals surface area (Å²) in [6.45, 7) is 1.88. The highest BCUT2D eigenvalue weighted by Gasteiger charge is 2.21. The van der Waals surface area contributed by atoms with Gasteiger partial charge in [0.25, 0.3) is 0 Å². The van der Waals surface area contributed by atoms with Crippen molar-refractivity contribution in [2.24, 2.45) is 0 Å². The molecule has 0 saturated heterocycles. The van der Waals surface area contributed by atoms with Crippen molar-refractivity contribution in [2.75, 3.05) is 5.73 Å². The van der Waals surface area contributed by atoms with Gasteiger partial charge in [0, 0.05) is 6.04 Å². The van der Waals surface area contributed by atoms with Crippen molar-refractivity contribution in [1.82, 2.24) is 4.72 Å². The molecule has 0 heterocycles. The second-order valence-electron chi connectivity index (χ2n) is 4.68. The Hall–Kier alpha value is -1.92. The fourth-order valence-electron chi connectivity index (χ4n) is 2.00. The van der Waals surface area contributed by atoms with Gasteiger partial charge in [-0.2, -0.15) is 0 Å². The normalized spacial score (nSPS) is 13.0. The lowest BCUT2D eigenvalue weighted by molar-refractivity contribution is 0.548. The zero-order valence-corrected chi connectivity index (χ0v) is 12.4. The number of halogens is 1. The summed E-state index contributed by atoms with van der Waals surface area (Å²) in [5, 5.41) is 0. The smallest absolute Gasteiger partial charge is 0.241 e. The highest BCUT2D eigenvalue weighted by Crippen LogP contribution is 2.21. The number of benzene rings is 2. The number of nitrogen functional groups attached to an aromatic ring is 1. The first-order valence-corrected chi connectivity index (χ1v) is 8.04.